The van der Waals surface area contributed by atoms with Gasteiger partial charge in [-0.2, -0.15) is 0 Å². The molecule has 202 valence electrons. The molecular formula is C31H32N2O6. The molecule has 0 aliphatic carbocycles. The number of rotatable bonds is 12. The summed E-state index contributed by atoms with van der Waals surface area (Å²) in [6.45, 7) is 1.81. The van der Waals surface area contributed by atoms with Crippen LogP contribution in [0, 0.1) is 0 Å². The van der Waals surface area contributed by atoms with Crippen LogP contribution in [0.3, 0.4) is 0 Å². The van der Waals surface area contributed by atoms with Crippen LogP contribution in [0.1, 0.15) is 36.5 Å². The summed E-state index contributed by atoms with van der Waals surface area (Å²) in [7, 11) is 1.20. The van der Waals surface area contributed by atoms with E-state index in [1.165, 1.54) is 7.11 Å². The summed E-state index contributed by atoms with van der Waals surface area (Å²) in [5, 5.41) is 5.71. The lowest BCUT2D eigenvalue weighted by atomic mass is 9.77. The predicted molar refractivity (Wildman–Crippen MR) is 146 cm³/mol. The van der Waals surface area contributed by atoms with Gasteiger partial charge >= 0.3 is 11.9 Å². The number of hydrogen-bond acceptors (Lipinski definition) is 6. The first-order chi connectivity index (χ1) is 18.9. The summed E-state index contributed by atoms with van der Waals surface area (Å²) < 4.78 is 9.57. The molecule has 3 aromatic rings. The summed E-state index contributed by atoms with van der Waals surface area (Å²) in [5.74, 6) is -2.41. The summed E-state index contributed by atoms with van der Waals surface area (Å²) in [4.78, 5) is 49.7. The van der Waals surface area contributed by atoms with E-state index in [4.69, 9.17) is 9.47 Å². The predicted octanol–water partition coefficient (Wildman–Crippen LogP) is 3.65. The Morgan fingerprint density at radius 3 is 1.72 bits per heavy atom. The van der Waals surface area contributed by atoms with Crippen molar-refractivity contribution in [2.45, 2.75) is 31.3 Å². The number of carbonyl (C=O) groups is 4. The molecule has 0 saturated carbocycles. The SMILES string of the molecule is CCOC(=O)/C=C/C(=O)N[C@@H](CCC(=O)NC(c1ccccc1)(c1ccccc1)c1ccccc1)C(=O)OC. The van der Waals surface area contributed by atoms with Crippen molar-refractivity contribution in [2.75, 3.05) is 13.7 Å². The van der Waals surface area contributed by atoms with Crippen LogP contribution in [0.2, 0.25) is 0 Å². The molecule has 1 atom stereocenters. The third kappa shape index (κ3) is 7.64. The Morgan fingerprint density at radius 2 is 1.28 bits per heavy atom. The molecule has 3 aromatic carbocycles. The molecule has 3 rings (SSSR count). The molecule has 0 unspecified atom stereocenters. The van der Waals surface area contributed by atoms with E-state index in [1.807, 2.05) is 91.0 Å². The number of esters is 2. The fraction of sp³-hybridized carbons (Fsp3) is 0.226. The van der Waals surface area contributed by atoms with Crippen molar-refractivity contribution in [3.05, 3.63) is 120 Å². The standard InChI is InChI=1S/C31H32N2O6/c1-3-39-29(36)22-21-27(34)32-26(30(37)38-2)19-20-28(35)33-31(23-13-7-4-8-14-23,24-15-9-5-10-16-24)25-17-11-6-12-18-25/h4-18,21-22,26H,3,19-20H2,1-2H3,(H,32,34)(H,33,35)/b22-21+/t26-/m0/s1. The molecule has 2 amide bonds. The number of hydrogen-bond donors (Lipinski definition) is 2. The number of nitrogens with one attached hydrogen (secondary N) is 2. The molecule has 0 fully saturated rings. The molecule has 0 heterocycles. The second-order valence-corrected chi connectivity index (χ2v) is 8.60. The van der Waals surface area contributed by atoms with Gasteiger partial charge in [-0.25, -0.2) is 9.59 Å². The van der Waals surface area contributed by atoms with Crippen LogP contribution < -0.4 is 10.6 Å². The van der Waals surface area contributed by atoms with Gasteiger partial charge in [-0.1, -0.05) is 91.0 Å². The molecule has 39 heavy (non-hydrogen) atoms. The van der Waals surface area contributed by atoms with Gasteiger partial charge < -0.3 is 20.1 Å². The Balaban J connectivity index is 1.86. The number of amides is 2. The lowest BCUT2D eigenvalue weighted by Gasteiger charge is -2.37. The van der Waals surface area contributed by atoms with Gasteiger partial charge in [-0.05, 0) is 30.0 Å². The van der Waals surface area contributed by atoms with Crippen molar-refractivity contribution in [1.29, 1.82) is 0 Å². The molecule has 0 aromatic heterocycles. The zero-order valence-corrected chi connectivity index (χ0v) is 22.0. The number of benzene rings is 3. The zero-order valence-electron chi connectivity index (χ0n) is 22.0. The molecular weight excluding hydrogens is 496 g/mol. The lowest BCUT2D eigenvalue weighted by Crippen LogP contribution is -2.48. The van der Waals surface area contributed by atoms with Crippen LogP contribution in [-0.4, -0.2) is 43.5 Å². The highest BCUT2D eigenvalue weighted by Crippen LogP contribution is 2.36. The number of ether oxygens (including phenoxy) is 2. The first-order valence-corrected chi connectivity index (χ1v) is 12.6. The van der Waals surface area contributed by atoms with Crippen molar-refractivity contribution in [1.82, 2.24) is 10.6 Å². The minimum Gasteiger partial charge on any atom is -0.467 e. The zero-order chi connectivity index (χ0) is 28.1. The minimum absolute atomic E-state index is 0.0219. The topological polar surface area (TPSA) is 111 Å². The van der Waals surface area contributed by atoms with Gasteiger partial charge in [0.2, 0.25) is 11.8 Å². The van der Waals surface area contributed by atoms with E-state index in [-0.39, 0.29) is 25.4 Å². The van der Waals surface area contributed by atoms with Crippen LogP contribution in [0.15, 0.2) is 103 Å². The lowest BCUT2D eigenvalue weighted by molar-refractivity contribution is -0.144. The molecule has 0 aliphatic rings. The molecule has 8 nitrogen and oxygen atoms in total. The van der Waals surface area contributed by atoms with Gasteiger partial charge in [0, 0.05) is 18.6 Å². The first-order valence-electron chi connectivity index (χ1n) is 12.6. The van der Waals surface area contributed by atoms with Crippen molar-refractivity contribution in [3.8, 4) is 0 Å². The van der Waals surface area contributed by atoms with Gasteiger partial charge in [-0.15, -0.1) is 0 Å². The third-order valence-electron chi connectivity index (χ3n) is 6.07. The van der Waals surface area contributed by atoms with Crippen LogP contribution in [0.25, 0.3) is 0 Å². The smallest absolute Gasteiger partial charge is 0.330 e. The van der Waals surface area contributed by atoms with Gasteiger partial charge in [0.15, 0.2) is 0 Å². The minimum atomic E-state index is -1.10. The monoisotopic (exact) mass is 528 g/mol. The van der Waals surface area contributed by atoms with Gasteiger partial charge in [0.25, 0.3) is 0 Å². The number of carbonyl (C=O) groups excluding carboxylic acids is 4. The van der Waals surface area contributed by atoms with E-state index in [9.17, 15) is 19.2 Å². The summed E-state index contributed by atoms with van der Waals surface area (Å²) >= 11 is 0. The maximum Gasteiger partial charge on any atom is 0.330 e. The molecule has 0 saturated heterocycles. The van der Waals surface area contributed by atoms with E-state index in [2.05, 4.69) is 10.6 Å². The molecule has 0 bridgehead atoms. The van der Waals surface area contributed by atoms with Crippen LogP contribution in [0.5, 0.6) is 0 Å². The summed E-state index contributed by atoms with van der Waals surface area (Å²) in [5.41, 5.74) is 1.57. The van der Waals surface area contributed by atoms with Crippen molar-refractivity contribution in [2.24, 2.45) is 0 Å². The third-order valence-corrected chi connectivity index (χ3v) is 6.07. The number of methoxy groups -OCH3 is 1. The highest BCUT2D eigenvalue weighted by atomic mass is 16.5. The average Bonchev–Trinajstić information content (AvgIpc) is 2.98. The van der Waals surface area contributed by atoms with Crippen molar-refractivity contribution < 1.29 is 28.7 Å². The normalized spacial score (nSPS) is 11.8. The van der Waals surface area contributed by atoms with Gasteiger partial charge in [-0.3, -0.25) is 9.59 Å². The van der Waals surface area contributed by atoms with Gasteiger partial charge in [0.05, 0.1) is 13.7 Å². The Morgan fingerprint density at radius 1 is 0.795 bits per heavy atom. The molecule has 0 aliphatic heterocycles. The Kier molecular flexibility index (Phi) is 10.6. The fourth-order valence-corrected chi connectivity index (χ4v) is 4.27. The highest BCUT2D eigenvalue weighted by Gasteiger charge is 2.38. The van der Waals surface area contributed by atoms with E-state index in [0.29, 0.717) is 0 Å². The molecule has 2 N–H and O–H groups in total. The van der Waals surface area contributed by atoms with Crippen molar-refractivity contribution in [3.63, 3.8) is 0 Å². The summed E-state index contributed by atoms with van der Waals surface area (Å²) in [6.07, 6.45) is 1.83. The summed E-state index contributed by atoms with van der Waals surface area (Å²) in [6, 6.07) is 27.8. The first kappa shape index (κ1) is 28.8. The molecule has 0 spiro atoms. The fourth-order valence-electron chi connectivity index (χ4n) is 4.27. The Hall–Kier alpha value is -4.72. The van der Waals surface area contributed by atoms with E-state index >= 15 is 0 Å². The van der Waals surface area contributed by atoms with Crippen LogP contribution >= 0.6 is 0 Å². The Labute approximate surface area is 228 Å². The average molecular weight is 529 g/mol. The second kappa shape index (κ2) is 14.3. The van der Waals surface area contributed by atoms with E-state index in [1.54, 1.807) is 6.92 Å². The Bertz CT molecular complexity index is 1180. The van der Waals surface area contributed by atoms with E-state index < -0.39 is 29.4 Å². The van der Waals surface area contributed by atoms with E-state index in [0.717, 1.165) is 28.8 Å². The molecule has 0 radical (unpaired) electrons. The largest absolute Gasteiger partial charge is 0.467 e. The molecule has 8 heteroatoms. The maximum absolute atomic E-state index is 13.5. The second-order valence-electron chi connectivity index (χ2n) is 8.60. The quantitative estimate of drug-likeness (QED) is 0.211. The van der Waals surface area contributed by atoms with Crippen molar-refractivity contribution >= 4 is 23.8 Å². The highest BCUT2D eigenvalue weighted by molar-refractivity contribution is 5.96. The van der Waals surface area contributed by atoms with Crippen LogP contribution in [-0.2, 0) is 34.2 Å². The van der Waals surface area contributed by atoms with Crippen LogP contribution in [0.4, 0.5) is 0 Å². The maximum atomic E-state index is 13.5. The van der Waals surface area contributed by atoms with Gasteiger partial charge in [0.1, 0.15) is 11.6 Å².